The molecule has 0 bridgehead atoms. The normalized spacial score (nSPS) is 34.5. The van der Waals surface area contributed by atoms with Gasteiger partial charge in [0.15, 0.2) is 0 Å². The molecule has 0 aliphatic heterocycles. The Hall–Kier alpha value is -0.500. The van der Waals surface area contributed by atoms with Gasteiger partial charge in [-0.25, -0.2) is 0 Å². The van der Waals surface area contributed by atoms with Crippen LogP contribution < -0.4 is 0 Å². The Bertz CT molecular complexity index is 830. The van der Waals surface area contributed by atoms with E-state index in [1.807, 2.05) is 0 Å². The third kappa shape index (κ3) is 9.29. The first-order valence-corrected chi connectivity index (χ1v) is 18.0. The Kier molecular flexibility index (Phi) is 14.3. The number of aliphatic hydroxyl groups excluding tert-OH is 1. The number of hydrogen-bond acceptors (Lipinski definition) is 6. The maximum Gasteiger partial charge on any atom is 0.0704 e. The van der Waals surface area contributed by atoms with Crippen LogP contribution in [-0.4, -0.2) is 77.3 Å². The zero-order valence-corrected chi connectivity index (χ0v) is 28.5. The minimum Gasteiger partial charge on any atom is -0.394 e. The molecule has 0 spiro atoms. The van der Waals surface area contributed by atoms with Gasteiger partial charge in [-0.1, -0.05) is 65.5 Å². The highest BCUT2D eigenvalue weighted by Crippen LogP contribution is 2.67. The van der Waals surface area contributed by atoms with Crippen LogP contribution in [0.15, 0.2) is 11.6 Å². The number of allylic oxidation sites excluding steroid dienone is 1. The van der Waals surface area contributed by atoms with Gasteiger partial charge in [-0.2, -0.15) is 0 Å². The van der Waals surface area contributed by atoms with Gasteiger partial charge in [0.2, 0.25) is 0 Å². The van der Waals surface area contributed by atoms with Gasteiger partial charge in [-0.15, -0.1) is 0 Å². The van der Waals surface area contributed by atoms with Crippen LogP contribution in [0.5, 0.6) is 0 Å². The Labute approximate surface area is 264 Å². The first-order valence-electron chi connectivity index (χ1n) is 18.0. The van der Waals surface area contributed by atoms with Crippen molar-refractivity contribution < 1.29 is 28.8 Å². The summed E-state index contributed by atoms with van der Waals surface area (Å²) in [5.74, 6) is 5.35. The summed E-state index contributed by atoms with van der Waals surface area (Å²) in [5.41, 5.74) is 2.66. The van der Waals surface area contributed by atoms with E-state index in [2.05, 4.69) is 40.7 Å². The lowest BCUT2D eigenvalue weighted by molar-refractivity contribution is -0.0692. The summed E-state index contributed by atoms with van der Waals surface area (Å²) in [5, 5.41) is 8.66. The average molecular weight is 607 g/mol. The molecule has 6 heteroatoms. The maximum atomic E-state index is 8.66. The van der Waals surface area contributed by atoms with Crippen molar-refractivity contribution >= 4 is 0 Å². The monoisotopic (exact) mass is 606 g/mol. The molecule has 0 radical (unpaired) electrons. The average Bonchev–Trinajstić information content (AvgIpc) is 3.34. The molecule has 4 rings (SSSR count). The van der Waals surface area contributed by atoms with Crippen LogP contribution in [0.25, 0.3) is 0 Å². The second-order valence-corrected chi connectivity index (χ2v) is 15.2. The summed E-state index contributed by atoms with van der Waals surface area (Å²) >= 11 is 0. The van der Waals surface area contributed by atoms with Crippen LogP contribution in [0, 0.1) is 46.3 Å². The predicted octanol–water partition coefficient (Wildman–Crippen LogP) is 7.47. The lowest BCUT2D eigenvalue weighted by atomic mass is 9.47. The molecule has 6 nitrogen and oxygen atoms in total. The largest absolute Gasteiger partial charge is 0.394 e. The van der Waals surface area contributed by atoms with E-state index in [4.69, 9.17) is 28.8 Å². The molecule has 8 atom stereocenters. The number of aliphatic hydroxyl groups is 1. The molecule has 1 N–H and O–H groups in total. The van der Waals surface area contributed by atoms with E-state index in [0.717, 1.165) is 41.9 Å². The summed E-state index contributed by atoms with van der Waals surface area (Å²) in [6.07, 6.45) is 18.0. The first kappa shape index (κ1) is 35.4. The van der Waals surface area contributed by atoms with Gasteiger partial charge in [-0.3, -0.25) is 0 Å². The summed E-state index contributed by atoms with van der Waals surface area (Å²) in [6, 6.07) is 0. The quantitative estimate of drug-likeness (QED) is 0.115. The molecule has 0 aromatic rings. The van der Waals surface area contributed by atoms with Gasteiger partial charge in [0.05, 0.1) is 72.2 Å². The molecule has 43 heavy (non-hydrogen) atoms. The van der Waals surface area contributed by atoms with Crippen LogP contribution in [0.3, 0.4) is 0 Å². The fourth-order valence-corrected chi connectivity index (χ4v) is 9.89. The summed E-state index contributed by atoms with van der Waals surface area (Å²) < 4.78 is 28.2. The Morgan fingerprint density at radius 2 is 1.42 bits per heavy atom. The van der Waals surface area contributed by atoms with Crippen molar-refractivity contribution in [2.75, 3.05) is 66.1 Å². The molecule has 0 unspecified atom stereocenters. The molecule has 3 fully saturated rings. The minimum absolute atomic E-state index is 0.0476. The van der Waals surface area contributed by atoms with Gasteiger partial charge in [0.25, 0.3) is 0 Å². The lowest BCUT2D eigenvalue weighted by Gasteiger charge is -2.58. The Balaban J connectivity index is 1.13. The second-order valence-electron chi connectivity index (χ2n) is 15.2. The van der Waals surface area contributed by atoms with Gasteiger partial charge >= 0.3 is 0 Å². The van der Waals surface area contributed by atoms with Crippen LogP contribution in [0.4, 0.5) is 0 Å². The van der Waals surface area contributed by atoms with E-state index in [9.17, 15) is 0 Å². The van der Waals surface area contributed by atoms with E-state index >= 15 is 0 Å². The number of fused-ring (bicyclic) bond motifs is 5. The number of ether oxygens (including phenoxy) is 5. The summed E-state index contributed by atoms with van der Waals surface area (Å²) in [4.78, 5) is 0. The molecule has 3 saturated carbocycles. The van der Waals surface area contributed by atoms with E-state index in [1.54, 1.807) is 5.57 Å². The highest BCUT2D eigenvalue weighted by atomic mass is 16.6. The molecule has 0 aromatic carbocycles. The van der Waals surface area contributed by atoms with Gasteiger partial charge in [0.1, 0.15) is 0 Å². The Morgan fingerprint density at radius 1 is 0.767 bits per heavy atom. The van der Waals surface area contributed by atoms with E-state index in [-0.39, 0.29) is 6.61 Å². The number of hydrogen-bond donors (Lipinski definition) is 1. The van der Waals surface area contributed by atoms with E-state index in [1.165, 1.54) is 64.2 Å². The molecule has 4 aliphatic carbocycles. The topological polar surface area (TPSA) is 66.4 Å². The molecular weight excluding hydrogens is 540 g/mol. The maximum absolute atomic E-state index is 8.66. The molecule has 0 aromatic heterocycles. The zero-order valence-electron chi connectivity index (χ0n) is 28.5. The summed E-state index contributed by atoms with van der Waals surface area (Å²) in [6.45, 7) is 17.6. The van der Waals surface area contributed by atoms with Crippen LogP contribution in [0.1, 0.15) is 105 Å². The van der Waals surface area contributed by atoms with Crippen LogP contribution in [0.2, 0.25) is 0 Å². The van der Waals surface area contributed by atoms with Crippen molar-refractivity contribution in [3.8, 4) is 0 Å². The van der Waals surface area contributed by atoms with Crippen LogP contribution >= 0.6 is 0 Å². The van der Waals surface area contributed by atoms with Crippen molar-refractivity contribution in [2.45, 2.75) is 111 Å². The SMILES string of the molecule is CC(C)CCC[C@@H](C)[C@H]1CC[C@H]2[C@@H]3CC=C4C[C@@H](OCCOCCOCCOCCOCCO)CC[C@]4(C)[C@H]3CC[C@]12C. The summed E-state index contributed by atoms with van der Waals surface area (Å²) in [7, 11) is 0. The van der Waals surface area contributed by atoms with Gasteiger partial charge < -0.3 is 28.8 Å². The van der Waals surface area contributed by atoms with Gasteiger partial charge in [0, 0.05) is 0 Å². The van der Waals surface area contributed by atoms with Crippen molar-refractivity contribution in [1.82, 2.24) is 0 Å². The predicted molar refractivity (Wildman–Crippen MR) is 173 cm³/mol. The van der Waals surface area contributed by atoms with Crippen molar-refractivity contribution in [2.24, 2.45) is 46.3 Å². The third-order valence-electron chi connectivity index (χ3n) is 12.2. The molecule has 4 aliphatic rings. The Morgan fingerprint density at radius 3 is 2.07 bits per heavy atom. The van der Waals surface area contributed by atoms with E-state index in [0.29, 0.717) is 76.4 Å². The highest BCUT2D eigenvalue weighted by molar-refractivity contribution is 5.25. The lowest BCUT2D eigenvalue weighted by Crippen LogP contribution is -2.51. The smallest absolute Gasteiger partial charge is 0.0704 e. The standard InChI is InChI=1S/C37H66O6/c1-28(2)7-6-8-29(3)33-11-12-34-32-10-9-30-27-31(13-15-36(30,4)35(32)14-16-37(33,34)5)43-26-25-42-24-23-41-22-21-40-20-19-39-18-17-38/h9,28-29,31-35,38H,6-8,10-27H2,1-5H3/t29-,31+,32+,33-,34+,35+,36+,37-/m1/s1. The zero-order chi connectivity index (χ0) is 30.7. The molecule has 250 valence electrons. The highest BCUT2D eigenvalue weighted by Gasteiger charge is 2.59. The van der Waals surface area contributed by atoms with E-state index < -0.39 is 0 Å². The second kappa shape index (κ2) is 17.4. The van der Waals surface area contributed by atoms with Crippen molar-refractivity contribution in [1.29, 1.82) is 0 Å². The minimum atomic E-state index is 0.0476. The molecule has 0 heterocycles. The van der Waals surface area contributed by atoms with Crippen LogP contribution in [-0.2, 0) is 23.7 Å². The fourth-order valence-electron chi connectivity index (χ4n) is 9.89. The molecule has 0 saturated heterocycles. The fraction of sp³-hybridized carbons (Fsp3) is 0.946. The molecular formula is C37H66O6. The third-order valence-corrected chi connectivity index (χ3v) is 12.2. The molecule has 0 amide bonds. The van der Waals surface area contributed by atoms with Crippen molar-refractivity contribution in [3.05, 3.63) is 11.6 Å². The first-order chi connectivity index (χ1) is 20.8. The van der Waals surface area contributed by atoms with Crippen molar-refractivity contribution in [3.63, 3.8) is 0 Å². The van der Waals surface area contributed by atoms with Gasteiger partial charge in [-0.05, 0) is 97.7 Å². The number of rotatable bonds is 20.